The zero-order chi connectivity index (χ0) is 19.7. The molecule has 0 aromatic carbocycles. The van der Waals surface area contributed by atoms with E-state index in [2.05, 4.69) is 15.4 Å². The molecule has 1 saturated carbocycles. The molecule has 2 heterocycles. The van der Waals surface area contributed by atoms with Gasteiger partial charge in [0.25, 0.3) is 0 Å². The second-order valence-electron chi connectivity index (χ2n) is 6.84. The Kier molecular flexibility index (Phi) is 5.45. The number of aromatic nitrogens is 3. The smallest absolute Gasteiger partial charge is 0.370 e. The molecule has 0 atom stereocenters. The Morgan fingerprint density at radius 1 is 1.22 bits per heavy atom. The predicted molar refractivity (Wildman–Crippen MR) is 94.5 cm³/mol. The molecule has 2 aromatic rings. The van der Waals surface area contributed by atoms with E-state index in [9.17, 15) is 21.6 Å². The van der Waals surface area contributed by atoms with E-state index in [0.717, 1.165) is 42.7 Å². The van der Waals surface area contributed by atoms with Crippen LogP contribution in [0.4, 0.5) is 19.0 Å². The highest BCUT2D eigenvalue weighted by molar-refractivity contribution is 7.90. The van der Waals surface area contributed by atoms with Crippen molar-refractivity contribution in [2.45, 2.75) is 43.3 Å². The molecule has 0 bridgehead atoms. The zero-order valence-corrected chi connectivity index (χ0v) is 15.6. The van der Waals surface area contributed by atoms with Gasteiger partial charge in [-0.25, -0.2) is 18.1 Å². The number of alkyl halides is 3. The quantitative estimate of drug-likeness (QED) is 0.826. The molecule has 0 radical (unpaired) electrons. The highest BCUT2D eigenvalue weighted by Crippen LogP contribution is 2.32. The fourth-order valence-electron chi connectivity index (χ4n) is 3.20. The lowest BCUT2D eigenvalue weighted by molar-refractivity contribution is -0.141. The molecule has 0 amide bonds. The SMILES string of the molecule is CS(=O)(=O)c1ccc(-n2nc(C(F)(F)F)cc2NCC2CCCCC2)cn1. The number of sulfone groups is 1. The van der Waals surface area contributed by atoms with Crippen LogP contribution in [0, 0.1) is 5.92 Å². The van der Waals surface area contributed by atoms with Crippen LogP contribution in [-0.4, -0.2) is 36.0 Å². The monoisotopic (exact) mass is 402 g/mol. The van der Waals surface area contributed by atoms with Gasteiger partial charge in [0, 0.05) is 18.9 Å². The average molecular weight is 402 g/mol. The van der Waals surface area contributed by atoms with E-state index in [1.165, 1.54) is 24.8 Å². The summed E-state index contributed by atoms with van der Waals surface area (Å²) >= 11 is 0. The van der Waals surface area contributed by atoms with E-state index in [-0.39, 0.29) is 16.5 Å². The van der Waals surface area contributed by atoms with Crippen molar-refractivity contribution in [2.24, 2.45) is 5.92 Å². The first-order valence-electron chi connectivity index (χ1n) is 8.72. The number of pyridine rings is 1. The van der Waals surface area contributed by atoms with Crippen LogP contribution in [0.3, 0.4) is 0 Å². The van der Waals surface area contributed by atoms with E-state index in [1.54, 1.807) is 0 Å². The third-order valence-corrected chi connectivity index (χ3v) is 5.64. The second kappa shape index (κ2) is 7.49. The molecule has 10 heteroatoms. The van der Waals surface area contributed by atoms with Crippen molar-refractivity contribution in [1.29, 1.82) is 0 Å². The Balaban J connectivity index is 1.89. The molecule has 0 spiro atoms. The van der Waals surface area contributed by atoms with E-state index in [4.69, 9.17) is 0 Å². The summed E-state index contributed by atoms with van der Waals surface area (Å²) in [6.07, 6.45) is 3.22. The summed E-state index contributed by atoms with van der Waals surface area (Å²) in [5.41, 5.74) is -0.759. The van der Waals surface area contributed by atoms with Crippen LogP contribution >= 0.6 is 0 Å². The lowest BCUT2D eigenvalue weighted by Gasteiger charge is -2.22. The van der Waals surface area contributed by atoms with E-state index in [0.29, 0.717) is 12.5 Å². The van der Waals surface area contributed by atoms with Crippen LogP contribution in [0.25, 0.3) is 5.69 Å². The molecule has 0 unspecified atom stereocenters. The summed E-state index contributed by atoms with van der Waals surface area (Å²) in [6, 6.07) is 3.61. The summed E-state index contributed by atoms with van der Waals surface area (Å²) in [5, 5.41) is 6.57. The lowest BCUT2D eigenvalue weighted by atomic mass is 9.89. The van der Waals surface area contributed by atoms with Crippen molar-refractivity contribution < 1.29 is 21.6 Å². The van der Waals surface area contributed by atoms with Crippen LogP contribution in [0.2, 0.25) is 0 Å². The summed E-state index contributed by atoms with van der Waals surface area (Å²) in [5.74, 6) is 0.629. The van der Waals surface area contributed by atoms with Crippen LogP contribution in [0.1, 0.15) is 37.8 Å². The number of nitrogens with zero attached hydrogens (tertiary/aromatic N) is 3. The number of hydrogen-bond acceptors (Lipinski definition) is 5. The summed E-state index contributed by atoms with van der Waals surface area (Å²) in [7, 11) is -3.49. The van der Waals surface area contributed by atoms with Crippen molar-refractivity contribution in [3.8, 4) is 5.69 Å². The van der Waals surface area contributed by atoms with E-state index in [1.807, 2.05) is 0 Å². The largest absolute Gasteiger partial charge is 0.435 e. The van der Waals surface area contributed by atoms with Gasteiger partial charge in [-0.1, -0.05) is 19.3 Å². The third kappa shape index (κ3) is 4.79. The minimum Gasteiger partial charge on any atom is -0.370 e. The molecule has 0 aliphatic heterocycles. The van der Waals surface area contributed by atoms with Crippen molar-refractivity contribution in [2.75, 3.05) is 18.1 Å². The Bertz CT molecular complexity index is 886. The van der Waals surface area contributed by atoms with Crippen LogP contribution in [0.15, 0.2) is 29.4 Å². The Hall–Kier alpha value is -2.10. The highest BCUT2D eigenvalue weighted by Gasteiger charge is 2.35. The van der Waals surface area contributed by atoms with Gasteiger partial charge < -0.3 is 5.32 Å². The maximum Gasteiger partial charge on any atom is 0.435 e. The topological polar surface area (TPSA) is 76.9 Å². The minimum absolute atomic E-state index is 0.147. The van der Waals surface area contributed by atoms with Crippen LogP contribution in [0.5, 0.6) is 0 Å². The van der Waals surface area contributed by atoms with Gasteiger partial charge in [-0.05, 0) is 30.9 Å². The van der Waals surface area contributed by atoms with Gasteiger partial charge >= 0.3 is 6.18 Å². The standard InChI is InChI=1S/C17H21F3N4O2S/c1-27(25,26)16-8-7-13(11-22-16)24-15(9-14(23-24)17(18,19)20)21-10-12-5-3-2-4-6-12/h7-9,11-12,21H,2-6,10H2,1H3. The molecule has 3 rings (SSSR count). The number of halogens is 3. The van der Waals surface area contributed by atoms with E-state index >= 15 is 0 Å². The molecule has 1 N–H and O–H groups in total. The number of nitrogens with one attached hydrogen (secondary N) is 1. The number of anilines is 1. The molecule has 2 aromatic heterocycles. The Morgan fingerprint density at radius 2 is 1.93 bits per heavy atom. The van der Waals surface area contributed by atoms with Gasteiger partial charge in [0.2, 0.25) is 0 Å². The van der Waals surface area contributed by atoms with Gasteiger partial charge in [0.1, 0.15) is 5.82 Å². The molecule has 1 aliphatic rings. The van der Waals surface area contributed by atoms with Gasteiger partial charge in [0.05, 0.1) is 11.9 Å². The second-order valence-corrected chi connectivity index (χ2v) is 8.80. The van der Waals surface area contributed by atoms with Crippen LogP contribution < -0.4 is 5.32 Å². The molecule has 27 heavy (non-hydrogen) atoms. The maximum absolute atomic E-state index is 13.1. The molecular formula is C17H21F3N4O2S. The minimum atomic E-state index is -4.58. The summed E-state index contributed by atoms with van der Waals surface area (Å²) in [6.45, 7) is 0.567. The normalized spacial score (nSPS) is 16.4. The third-order valence-electron chi connectivity index (χ3n) is 4.64. The van der Waals surface area contributed by atoms with Crippen molar-refractivity contribution >= 4 is 15.7 Å². The van der Waals surface area contributed by atoms with Crippen LogP contribution in [-0.2, 0) is 16.0 Å². The molecule has 0 saturated heterocycles. The van der Waals surface area contributed by atoms with Crippen molar-refractivity contribution in [3.05, 3.63) is 30.1 Å². The van der Waals surface area contributed by atoms with Crippen molar-refractivity contribution in [3.63, 3.8) is 0 Å². The first-order valence-corrected chi connectivity index (χ1v) is 10.6. The Labute approximate surface area is 155 Å². The maximum atomic E-state index is 13.1. The average Bonchev–Trinajstić information content (AvgIpc) is 3.05. The predicted octanol–water partition coefficient (Wildman–Crippen LogP) is 3.68. The van der Waals surface area contributed by atoms with Gasteiger partial charge in [-0.2, -0.15) is 18.3 Å². The lowest BCUT2D eigenvalue weighted by Crippen LogP contribution is -2.18. The van der Waals surface area contributed by atoms with Gasteiger partial charge in [-0.3, -0.25) is 0 Å². The molecule has 6 nitrogen and oxygen atoms in total. The first-order chi connectivity index (χ1) is 12.6. The zero-order valence-electron chi connectivity index (χ0n) is 14.8. The Morgan fingerprint density at radius 3 is 2.48 bits per heavy atom. The molecule has 1 fully saturated rings. The van der Waals surface area contributed by atoms with E-state index < -0.39 is 21.7 Å². The molecular weight excluding hydrogens is 381 g/mol. The fraction of sp³-hybridized carbons (Fsp3) is 0.529. The van der Waals surface area contributed by atoms with Crippen molar-refractivity contribution in [1.82, 2.24) is 14.8 Å². The molecule has 1 aliphatic carbocycles. The highest BCUT2D eigenvalue weighted by atomic mass is 32.2. The first kappa shape index (κ1) is 19.7. The summed E-state index contributed by atoms with van der Waals surface area (Å²) < 4.78 is 63.5. The molecule has 148 valence electrons. The fourth-order valence-corrected chi connectivity index (χ4v) is 3.76. The number of hydrogen-bond donors (Lipinski definition) is 1. The number of rotatable bonds is 5. The summed E-state index contributed by atoms with van der Waals surface area (Å²) in [4.78, 5) is 3.83. The van der Waals surface area contributed by atoms with Gasteiger partial charge in [0.15, 0.2) is 20.6 Å². The van der Waals surface area contributed by atoms with Gasteiger partial charge in [-0.15, -0.1) is 0 Å².